The van der Waals surface area contributed by atoms with Crippen molar-refractivity contribution in [2.45, 2.75) is 12.8 Å². The van der Waals surface area contributed by atoms with Crippen LogP contribution in [0.25, 0.3) is 0 Å². The van der Waals surface area contributed by atoms with Crippen molar-refractivity contribution in [3.05, 3.63) is 40.3 Å². The van der Waals surface area contributed by atoms with E-state index < -0.39 is 0 Å². The largest absolute Gasteiger partial charge is 0.481 e. The molecule has 0 spiro atoms. The molecule has 0 radical (unpaired) electrons. The van der Waals surface area contributed by atoms with E-state index in [1.807, 2.05) is 26.1 Å². The predicted molar refractivity (Wildman–Crippen MR) is 74.6 cm³/mol. The monoisotopic (exact) mass is 280 g/mol. The topological polar surface area (TPSA) is 66.0 Å². The van der Waals surface area contributed by atoms with Crippen LogP contribution in [0.3, 0.4) is 0 Å². The Hall–Kier alpha value is -1.59. The quantitative estimate of drug-likeness (QED) is 0.869. The van der Waals surface area contributed by atoms with Gasteiger partial charge in [0.15, 0.2) is 0 Å². The molecule has 19 heavy (non-hydrogen) atoms. The van der Waals surface area contributed by atoms with Gasteiger partial charge in [-0.25, -0.2) is 9.67 Å². The average Bonchev–Trinajstić information content (AvgIpc) is 2.65. The molecule has 0 bridgehead atoms. The van der Waals surface area contributed by atoms with Crippen LogP contribution >= 0.6 is 11.6 Å². The minimum absolute atomic E-state index is 0.0812. The minimum atomic E-state index is -0.0812. The van der Waals surface area contributed by atoms with Crippen molar-refractivity contribution >= 4 is 11.6 Å². The van der Waals surface area contributed by atoms with Crippen LogP contribution in [0.15, 0.2) is 18.2 Å². The zero-order valence-electron chi connectivity index (χ0n) is 11.2. The van der Waals surface area contributed by atoms with E-state index >= 15 is 0 Å². The summed E-state index contributed by atoms with van der Waals surface area (Å²) in [4.78, 5) is 4.34. The number of aromatic nitrogens is 3. The Morgan fingerprint density at radius 2 is 2.21 bits per heavy atom. The van der Waals surface area contributed by atoms with Crippen molar-refractivity contribution in [1.29, 1.82) is 0 Å². The maximum Gasteiger partial charge on any atom is 0.215 e. The van der Waals surface area contributed by atoms with Crippen LogP contribution in [0.2, 0.25) is 5.15 Å². The second kappa shape index (κ2) is 5.59. The molecule has 2 rings (SSSR count). The SMILES string of the molecule is COc1c(C(CN)c2cccc(Cl)n2)c(C)nn1C. The second-order valence-corrected chi connectivity index (χ2v) is 4.69. The van der Waals surface area contributed by atoms with Gasteiger partial charge in [-0.3, -0.25) is 0 Å². The van der Waals surface area contributed by atoms with Crippen molar-refractivity contribution in [3.63, 3.8) is 0 Å². The van der Waals surface area contributed by atoms with Gasteiger partial charge in [-0.1, -0.05) is 17.7 Å². The standard InChI is InChI=1S/C13H17ClN4O/c1-8-12(13(19-3)18(2)17-8)9(7-15)10-5-4-6-11(14)16-10/h4-6,9H,7,15H2,1-3H3. The molecule has 0 aliphatic carbocycles. The third kappa shape index (κ3) is 2.57. The fourth-order valence-corrected chi connectivity index (χ4v) is 2.47. The number of methoxy groups -OCH3 is 1. The van der Waals surface area contributed by atoms with E-state index in [4.69, 9.17) is 22.1 Å². The Balaban J connectivity index is 2.54. The lowest BCUT2D eigenvalue weighted by Gasteiger charge is -2.15. The van der Waals surface area contributed by atoms with Crippen molar-refractivity contribution < 1.29 is 4.74 Å². The van der Waals surface area contributed by atoms with Gasteiger partial charge in [0.2, 0.25) is 5.88 Å². The summed E-state index contributed by atoms with van der Waals surface area (Å²) in [5, 5.41) is 4.83. The molecule has 0 aliphatic rings. The smallest absolute Gasteiger partial charge is 0.215 e. The number of rotatable bonds is 4. The lowest BCUT2D eigenvalue weighted by Crippen LogP contribution is -2.16. The molecule has 2 aromatic heterocycles. The molecule has 0 fully saturated rings. The molecule has 2 aromatic rings. The van der Waals surface area contributed by atoms with Crippen LogP contribution in [0.4, 0.5) is 0 Å². The van der Waals surface area contributed by atoms with Gasteiger partial charge in [0.05, 0.1) is 18.5 Å². The highest BCUT2D eigenvalue weighted by atomic mass is 35.5. The number of hydrogen-bond donors (Lipinski definition) is 1. The fraction of sp³-hybridized carbons (Fsp3) is 0.385. The molecule has 6 heteroatoms. The first-order valence-electron chi connectivity index (χ1n) is 5.98. The number of ether oxygens (including phenoxy) is 1. The average molecular weight is 281 g/mol. The first-order valence-corrected chi connectivity index (χ1v) is 6.36. The number of nitrogens with zero attached hydrogens (tertiary/aromatic N) is 3. The van der Waals surface area contributed by atoms with E-state index in [1.54, 1.807) is 17.9 Å². The molecule has 5 nitrogen and oxygen atoms in total. The Labute approximate surface area is 117 Å². The third-order valence-corrected chi connectivity index (χ3v) is 3.30. The van der Waals surface area contributed by atoms with E-state index in [9.17, 15) is 0 Å². The normalized spacial score (nSPS) is 12.5. The highest BCUT2D eigenvalue weighted by Gasteiger charge is 2.24. The van der Waals surface area contributed by atoms with Crippen molar-refractivity contribution in [2.24, 2.45) is 12.8 Å². The summed E-state index contributed by atoms with van der Waals surface area (Å²) in [6.07, 6.45) is 0. The van der Waals surface area contributed by atoms with E-state index in [2.05, 4.69) is 10.1 Å². The molecule has 0 saturated heterocycles. The molecule has 0 saturated carbocycles. The lowest BCUT2D eigenvalue weighted by atomic mass is 9.95. The molecular weight excluding hydrogens is 264 g/mol. The molecule has 0 aromatic carbocycles. The molecule has 2 heterocycles. The molecule has 1 unspecified atom stereocenters. The van der Waals surface area contributed by atoms with E-state index in [0.29, 0.717) is 17.6 Å². The summed E-state index contributed by atoms with van der Waals surface area (Å²) in [7, 11) is 3.47. The van der Waals surface area contributed by atoms with Crippen LogP contribution in [-0.4, -0.2) is 28.4 Å². The predicted octanol–water partition coefficient (Wildman–Crippen LogP) is 1.88. The van der Waals surface area contributed by atoms with E-state index in [-0.39, 0.29) is 5.92 Å². The molecule has 0 amide bonds. The summed E-state index contributed by atoms with van der Waals surface area (Å²) < 4.78 is 7.12. The molecular formula is C13H17ClN4O. The van der Waals surface area contributed by atoms with Gasteiger partial charge in [-0.05, 0) is 19.1 Å². The Bertz CT molecular complexity index is 582. The first-order chi connectivity index (χ1) is 9.08. The van der Waals surface area contributed by atoms with Crippen LogP contribution in [0.5, 0.6) is 5.88 Å². The van der Waals surface area contributed by atoms with E-state index in [1.165, 1.54) is 0 Å². The van der Waals surface area contributed by atoms with Gasteiger partial charge < -0.3 is 10.5 Å². The molecule has 102 valence electrons. The summed E-state index contributed by atoms with van der Waals surface area (Å²) in [5.74, 6) is 0.622. The molecule has 1 atom stereocenters. The van der Waals surface area contributed by atoms with Crippen LogP contribution in [0.1, 0.15) is 22.9 Å². The molecule has 2 N–H and O–H groups in total. The van der Waals surface area contributed by atoms with Crippen LogP contribution < -0.4 is 10.5 Å². The summed E-state index contributed by atoms with van der Waals surface area (Å²) in [6.45, 7) is 2.35. The van der Waals surface area contributed by atoms with Crippen LogP contribution in [-0.2, 0) is 7.05 Å². The zero-order chi connectivity index (χ0) is 14.0. The zero-order valence-corrected chi connectivity index (χ0v) is 12.0. The van der Waals surface area contributed by atoms with Gasteiger partial charge in [-0.2, -0.15) is 5.10 Å². The van der Waals surface area contributed by atoms with Crippen molar-refractivity contribution in [1.82, 2.24) is 14.8 Å². The van der Waals surface area contributed by atoms with Gasteiger partial charge in [0, 0.05) is 25.1 Å². The van der Waals surface area contributed by atoms with Gasteiger partial charge in [-0.15, -0.1) is 0 Å². The highest BCUT2D eigenvalue weighted by molar-refractivity contribution is 6.29. The van der Waals surface area contributed by atoms with Crippen molar-refractivity contribution in [2.75, 3.05) is 13.7 Å². The molecule has 0 aliphatic heterocycles. The number of nitrogens with two attached hydrogens (primary N) is 1. The fourth-order valence-electron chi connectivity index (χ4n) is 2.30. The second-order valence-electron chi connectivity index (χ2n) is 4.31. The number of halogens is 1. The number of hydrogen-bond acceptors (Lipinski definition) is 4. The Kier molecular flexibility index (Phi) is 4.07. The summed E-state index contributed by atoms with van der Waals surface area (Å²) in [5.41, 5.74) is 8.58. The lowest BCUT2D eigenvalue weighted by molar-refractivity contribution is 0.367. The third-order valence-electron chi connectivity index (χ3n) is 3.09. The minimum Gasteiger partial charge on any atom is -0.481 e. The summed E-state index contributed by atoms with van der Waals surface area (Å²) >= 11 is 5.95. The summed E-state index contributed by atoms with van der Waals surface area (Å²) in [6, 6.07) is 5.52. The van der Waals surface area contributed by atoms with Crippen LogP contribution in [0, 0.1) is 6.92 Å². The number of aryl methyl sites for hydroxylation is 2. The maximum atomic E-state index is 5.95. The Morgan fingerprint density at radius 1 is 1.47 bits per heavy atom. The van der Waals surface area contributed by atoms with Gasteiger partial charge in [0.25, 0.3) is 0 Å². The first kappa shape index (κ1) is 13.8. The maximum absolute atomic E-state index is 5.95. The Morgan fingerprint density at radius 3 is 2.79 bits per heavy atom. The van der Waals surface area contributed by atoms with E-state index in [0.717, 1.165) is 17.0 Å². The number of pyridine rings is 1. The van der Waals surface area contributed by atoms with Gasteiger partial charge in [0.1, 0.15) is 5.15 Å². The highest BCUT2D eigenvalue weighted by Crippen LogP contribution is 2.33. The van der Waals surface area contributed by atoms with Gasteiger partial charge >= 0.3 is 0 Å². The van der Waals surface area contributed by atoms with Crippen molar-refractivity contribution in [3.8, 4) is 5.88 Å².